The largest absolute Gasteiger partial charge is 0.313 e. The summed E-state index contributed by atoms with van der Waals surface area (Å²) in [7, 11) is 0. The van der Waals surface area contributed by atoms with Crippen molar-refractivity contribution in [2.45, 2.75) is 71.9 Å². The maximum absolute atomic E-state index is 4.81. The fourth-order valence-electron chi connectivity index (χ4n) is 3.06. The van der Waals surface area contributed by atoms with Crippen molar-refractivity contribution in [1.82, 2.24) is 15.1 Å². The Balaban J connectivity index is 2.16. The predicted molar refractivity (Wildman–Crippen MR) is 75.8 cm³/mol. The molecule has 0 atom stereocenters. The minimum Gasteiger partial charge on any atom is -0.313 e. The first-order chi connectivity index (χ1) is 8.74. The monoisotopic (exact) mass is 249 g/mol. The van der Waals surface area contributed by atoms with E-state index in [1.165, 1.54) is 55.5 Å². The van der Waals surface area contributed by atoms with E-state index in [-0.39, 0.29) is 0 Å². The number of aromatic nitrogens is 2. The highest BCUT2D eigenvalue weighted by Crippen LogP contribution is 2.29. The Labute approximate surface area is 111 Å². The van der Waals surface area contributed by atoms with Crippen LogP contribution >= 0.6 is 0 Å². The summed E-state index contributed by atoms with van der Waals surface area (Å²) in [6.45, 7) is 8.51. The second-order valence-corrected chi connectivity index (χ2v) is 5.52. The summed E-state index contributed by atoms with van der Waals surface area (Å²) < 4.78 is 2.31. The molecule has 1 saturated carbocycles. The Morgan fingerprint density at radius 3 is 2.44 bits per heavy atom. The standard InChI is InChI=1S/C15H27N3/c1-4-16-11-15-12(2)17-18(13(15)3)14-9-7-5-6-8-10-14/h14,16H,4-11H2,1-3H3. The van der Waals surface area contributed by atoms with Crippen molar-refractivity contribution in [2.24, 2.45) is 0 Å². The third-order valence-corrected chi connectivity index (χ3v) is 4.20. The Morgan fingerprint density at radius 2 is 1.83 bits per heavy atom. The highest BCUT2D eigenvalue weighted by molar-refractivity contribution is 5.24. The lowest BCUT2D eigenvalue weighted by molar-refractivity contribution is 0.396. The zero-order chi connectivity index (χ0) is 13.0. The van der Waals surface area contributed by atoms with Gasteiger partial charge in [0.2, 0.25) is 0 Å². The van der Waals surface area contributed by atoms with Crippen LogP contribution in [0.25, 0.3) is 0 Å². The van der Waals surface area contributed by atoms with E-state index in [4.69, 9.17) is 5.10 Å². The summed E-state index contributed by atoms with van der Waals surface area (Å²) >= 11 is 0. The van der Waals surface area contributed by atoms with E-state index >= 15 is 0 Å². The Morgan fingerprint density at radius 1 is 1.17 bits per heavy atom. The highest BCUT2D eigenvalue weighted by atomic mass is 15.3. The van der Waals surface area contributed by atoms with Crippen LogP contribution in [0, 0.1) is 13.8 Å². The molecule has 1 aromatic rings. The summed E-state index contributed by atoms with van der Waals surface area (Å²) in [5.41, 5.74) is 3.99. The van der Waals surface area contributed by atoms with Gasteiger partial charge in [-0.1, -0.05) is 32.6 Å². The lowest BCUT2D eigenvalue weighted by Gasteiger charge is -2.17. The van der Waals surface area contributed by atoms with Crippen molar-refractivity contribution in [3.63, 3.8) is 0 Å². The molecule has 2 rings (SSSR count). The molecule has 102 valence electrons. The molecule has 0 saturated heterocycles. The van der Waals surface area contributed by atoms with Crippen molar-refractivity contribution in [1.29, 1.82) is 0 Å². The molecular formula is C15H27N3. The van der Waals surface area contributed by atoms with Crippen LogP contribution in [0.15, 0.2) is 0 Å². The SMILES string of the molecule is CCNCc1c(C)nn(C2CCCCCC2)c1C. The molecule has 0 spiro atoms. The average molecular weight is 249 g/mol. The fraction of sp³-hybridized carbons (Fsp3) is 0.800. The van der Waals surface area contributed by atoms with E-state index < -0.39 is 0 Å². The molecule has 0 aromatic carbocycles. The molecule has 1 heterocycles. The van der Waals surface area contributed by atoms with Crippen LogP contribution in [0.2, 0.25) is 0 Å². The van der Waals surface area contributed by atoms with Gasteiger partial charge in [0.1, 0.15) is 0 Å². The van der Waals surface area contributed by atoms with E-state index in [1.54, 1.807) is 0 Å². The van der Waals surface area contributed by atoms with Crippen LogP contribution in [0.3, 0.4) is 0 Å². The summed E-state index contributed by atoms with van der Waals surface area (Å²) in [5.74, 6) is 0. The lowest BCUT2D eigenvalue weighted by Crippen LogP contribution is -2.14. The van der Waals surface area contributed by atoms with Gasteiger partial charge in [-0.05, 0) is 33.2 Å². The number of nitrogens with zero attached hydrogens (tertiary/aromatic N) is 2. The van der Waals surface area contributed by atoms with Crippen LogP contribution in [-0.4, -0.2) is 16.3 Å². The maximum atomic E-state index is 4.81. The second kappa shape index (κ2) is 6.37. The van der Waals surface area contributed by atoms with Crippen LogP contribution in [0.1, 0.15) is 68.4 Å². The van der Waals surface area contributed by atoms with E-state index in [0.29, 0.717) is 6.04 Å². The minimum atomic E-state index is 0.640. The van der Waals surface area contributed by atoms with Gasteiger partial charge in [0, 0.05) is 17.8 Å². The number of hydrogen-bond acceptors (Lipinski definition) is 2. The molecule has 0 aliphatic heterocycles. The normalized spacial score (nSPS) is 17.9. The van der Waals surface area contributed by atoms with E-state index in [1.807, 2.05) is 0 Å². The first-order valence-electron chi connectivity index (χ1n) is 7.49. The summed E-state index contributed by atoms with van der Waals surface area (Å²) in [5, 5.41) is 8.23. The van der Waals surface area contributed by atoms with Gasteiger partial charge in [-0.3, -0.25) is 4.68 Å². The minimum absolute atomic E-state index is 0.640. The number of hydrogen-bond donors (Lipinski definition) is 1. The zero-order valence-electron chi connectivity index (χ0n) is 12.1. The first-order valence-corrected chi connectivity index (χ1v) is 7.49. The molecule has 1 N–H and O–H groups in total. The second-order valence-electron chi connectivity index (χ2n) is 5.52. The van der Waals surface area contributed by atoms with Gasteiger partial charge in [0.25, 0.3) is 0 Å². The van der Waals surface area contributed by atoms with E-state index in [0.717, 1.165) is 13.1 Å². The van der Waals surface area contributed by atoms with Crippen LogP contribution in [0.5, 0.6) is 0 Å². The van der Waals surface area contributed by atoms with Crippen LogP contribution < -0.4 is 5.32 Å². The van der Waals surface area contributed by atoms with Gasteiger partial charge < -0.3 is 5.32 Å². The molecule has 0 radical (unpaired) electrons. The smallest absolute Gasteiger partial charge is 0.0641 e. The maximum Gasteiger partial charge on any atom is 0.0641 e. The quantitative estimate of drug-likeness (QED) is 0.828. The summed E-state index contributed by atoms with van der Waals surface area (Å²) in [6, 6.07) is 0.640. The molecule has 18 heavy (non-hydrogen) atoms. The van der Waals surface area contributed by atoms with Crippen LogP contribution in [0.4, 0.5) is 0 Å². The molecule has 0 bridgehead atoms. The third kappa shape index (κ3) is 2.94. The van der Waals surface area contributed by atoms with Crippen molar-refractivity contribution in [3.05, 3.63) is 17.0 Å². The first kappa shape index (κ1) is 13.6. The van der Waals surface area contributed by atoms with Crippen molar-refractivity contribution in [2.75, 3.05) is 6.54 Å². The Hall–Kier alpha value is -0.830. The number of aryl methyl sites for hydroxylation is 1. The molecule has 1 aliphatic rings. The molecule has 1 aromatic heterocycles. The predicted octanol–water partition coefficient (Wildman–Crippen LogP) is 3.50. The topological polar surface area (TPSA) is 29.9 Å². The van der Waals surface area contributed by atoms with Crippen molar-refractivity contribution in [3.8, 4) is 0 Å². The Kier molecular flexibility index (Phi) is 4.81. The van der Waals surface area contributed by atoms with Gasteiger partial charge in [-0.25, -0.2) is 0 Å². The molecule has 0 unspecified atom stereocenters. The van der Waals surface area contributed by atoms with Gasteiger partial charge in [0.05, 0.1) is 11.7 Å². The van der Waals surface area contributed by atoms with Crippen LogP contribution in [-0.2, 0) is 6.54 Å². The molecule has 3 nitrogen and oxygen atoms in total. The van der Waals surface area contributed by atoms with Crippen molar-refractivity contribution < 1.29 is 0 Å². The highest BCUT2D eigenvalue weighted by Gasteiger charge is 2.19. The third-order valence-electron chi connectivity index (χ3n) is 4.20. The zero-order valence-corrected chi connectivity index (χ0v) is 12.1. The molecule has 0 amide bonds. The lowest BCUT2D eigenvalue weighted by atomic mass is 10.1. The number of rotatable bonds is 4. The van der Waals surface area contributed by atoms with Crippen molar-refractivity contribution >= 4 is 0 Å². The fourth-order valence-corrected chi connectivity index (χ4v) is 3.06. The average Bonchev–Trinajstić information content (AvgIpc) is 2.60. The van der Waals surface area contributed by atoms with Gasteiger partial charge >= 0.3 is 0 Å². The van der Waals surface area contributed by atoms with E-state index in [2.05, 4.69) is 30.8 Å². The summed E-state index contributed by atoms with van der Waals surface area (Å²) in [4.78, 5) is 0. The molecule has 3 heteroatoms. The van der Waals surface area contributed by atoms with Gasteiger partial charge in [-0.2, -0.15) is 5.10 Å². The molecule has 1 aliphatic carbocycles. The van der Waals surface area contributed by atoms with Gasteiger partial charge in [0.15, 0.2) is 0 Å². The van der Waals surface area contributed by atoms with E-state index in [9.17, 15) is 0 Å². The Bertz CT molecular complexity index is 373. The molecular weight excluding hydrogens is 222 g/mol. The number of nitrogens with one attached hydrogen (secondary N) is 1. The van der Waals surface area contributed by atoms with Gasteiger partial charge in [-0.15, -0.1) is 0 Å². The molecule has 1 fully saturated rings. The summed E-state index contributed by atoms with van der Waals surface area (Å²) in [6.07, 6.45) is 8.16.